The fraction of sp³-hybridized carbons (Fsp3) is 0.273. The number of hydrogen-bond donors (Lipinski definition) is 1. The third kappa shape index (κ3) is 4.83. The lowest BCUT2D eigenvalue weighted by Gasteiger charge is -2.31. The molecule has 1 aromatic carbocycles. The highest BCUT2D eigenvalue weighted by molar-refractivity contribution is 7.88. The number of sulfonamides is 1. The van der Waals surface area contributed by atoms with E-state index in [-0.39, 0.29) is 17.2 Å². The highest BCUT2D eigenvalue weighted by Gasteiger charge is 2.30. The van der Waals surface area contributed by atoms with Crippen LogP contribution in [0.1, 0.15) is 30.0 Å². The van der Waals surface area contributed by atoms with E-state index in [9.17, 15) is 12.8 Å². The number of anilines is 2. The number of hydrogen-bond acceptors (Lipinski definition) is 5. The van der Waals surface area contributed by atoms with Crippen molar-refractivity contribution >= 4 is 21.7 Å². The summed E-state index contributed by atoms with van der Waals surface area (Å²) in [5, 5.41) is 3.18. The summed E-state index contributed by atoms with van der Waals surface area (Å²) in [6, 6.07) is 17.4. The molecular formula is C22H23FN4O2S. The maximum Gasteiger partial charge on any atom is 0.218 e. The summed E-state index contributed by atoms with van der Waals surface area (Å²) in [6.45, 7) is 0.808. The fourth-order valence-corrected chi connectivity index (χ4v) is 5.23. The second-order valence-electron chi connectivity index (χ2n) is 7.31. The number of nitrogens with zero attached hydrogens (tertiary/aromatic N) is 3. The van der Waals surface area contributed by atoms with Gasteiger partial charge in [-0.25, -0.2) is 27.1 Å². The number of aromatic nitrogens is 2. The van der Waals surface area contributed by atoms with Crippen molar-refractivity contribution in [2.75, 3.05) is 18.4 Å². The Morgan fingerprint density at radius 2 is 1.70 bits per heavy atom. The Labute approximate surface area is 175 Å². The number of rotatable bonds is 6. The topological polar surface area (TPSA) is 75.2 Å². The maximum atomic E-state index is 13.9. The molecule has 8 heteroatoms. The zero-order valence-electron chi connectivity index (χ0n) is 16.4. The smallest absolute Gasteiger partial charge is 0.218 e. The predicted octanol–water partition coefficient (Wildman–Crippen LogP) is 4.07. The van der Waals surface area contributed by atoms with Gasteiger partial charge in [0.25, 0.3) is 0 Å². The molecule has 0 radical (unpaired) electrons. The van der Waals surface area contributed by atoms with E-state index in [0.717, 1.165) is 11.5 Å². The highest BCUT2D eigenvalue weighted by atomic mass is 32.2. The van der Waals surface area contributed by atoms with Crippen LogP contribution in [0.25, 0.3) is 0 Å². The molecule has 1 saturated heterocycles. The minimum absolute atomic E-state index is 0.176. The SMILES string of the molecule is O=S(=O)(Cc1ccccc1F)N1CCC(c2cccc(Nc3ccccn3)n2)CC1. The van der Waals surface area contributed by atoms with Gasteiger partial charge in [-0.3, -0.25) is 0 Å². The van der Waals surface area contributed by atoms with Gasteiger partial charge in [-0.2, -0.15) is 0 Å². The van der Waals surface area contributed by atoms with Gasteiger partial charge >= 0.3 is 0 Å². The molecule has 1 aliphatic heterocycles. The number of benzene rings is 1. The molecule has 3 heterocycles. The van der Waals surface area contributed by atoms with Gasteiger partial charge in [0, 0.05) is 36.5 Å². The van der Waals surface area contributed by atoms with E-state index in [4.69, 9.17) is 0 Å². The third-order valence-electron chi connectivity index (χ3n) is 5.25. The van der Waals surface area contributed by atoms with E-state index in [0.29, 0.717) is 31.7 Å². The van der Waals surface area contributed by atoms with Crippen molar-refractivity contribution in [3.63, 3.8) is 0 Å². The zero-order valence-corrected chi connectivity index (χ0v) is 17.2. The van der Waals surface area contributed by atoms with Crippen molar-refractivity contribution in [2.45, 2.75) is 24.5 Å². The van der Waals surface area contributed by atoms with Gasteiger partial charge < -0.3 is 5.32 Å². The average Bonchev–Trinajstić information content (AvgIpc) is 2.76. The van der Waals surface area contributed by atoms with E-state index in [1.807, 2.05) is 36.4 Å². The van der Waals surface area contributed by atoms with Crippen LogP contribution >= 0.6 is 0 Å². The normalized spacial score (nSPS) is 15.8. The van der Waals surface area contributed by atoms with E-state index >= 15 is 0 Å². The molecule has 0 aliphatic carbocycles. The summed E-state index contributed by atoms with van der Waals surface area (Å²) >= 11 is 0. The molecule has 1 N–H and O–H groups in total. The monoisotopic (exact) mass is 426 g/mol. The Bertz CT molecular complexity index is 1100. The predicted molar refractivity (Wildman–Crippen MR) is 114 cm³/mol. The maximum absolute atomic E-state index is 13.9. The summed E-state index contributed by atoms with van der Waals surface area (Å²) in [6.07, 6.45) is 3.07. The van der Waals surface area contributed by atoms with Gasteiger partial charge in [0.15, 0.2) is 0 Å². The molecule has 0 saturated carbocycles. The van der Waals surface area contributed by atoms with Crippen molar-refractivity contribution in [2.24, 2.45) is 0 Å². The molecule has 30 heavy (non-hydrogen) atoms. The number of pyridine rings is 2. The number of piperidine rings is 1. The first-order chi connectivity index (χ1) is 14.5. The van der Waals surface area contributed by atoms with E-state index < -0.39 is 15.8 Å². The van der Waals surface area contributed by atoms with E-state index in [1.165, 1.54) is 16.4 Å². The third-order valence-corrected chi connectivity index (χ3v) is 7.08. The molecule has 0 atom stereocenters. The van der Waals surface area contributed by atoms with Gasteiger partial charge in [-0.05, 0) is 43.2 Å². The molecule has 0 unspecified atom stereocenters. The van der Waals surface area contributed by atoms with Crippen LogP contribution in [0, 0.1) is 5.82 Å². The quantitative estimate of drug-likeness (QED) is 0.643. The molecule has 6 nitrogen and oxygen atoms in total. The van der Waals surface area contributed by atoms with Crippen LogP contribution < -0.4 is 5.32 Å². The summed E-state index contributed by atoms with van der Waals surface area (Å²) in [5.41, 5.74) is 1.14. The molecule has 0 bridgehead atoms. The van der Waals surface area contributed by atoms with Gasteiger partial charge in [0.2, 0.25) is 10.0 Å². The van der Waals surface area contributed by atoms with Crippen LogP contribution in [0.5, 0.6) is 0 Å². The van der Waals surface area contributed by atoms with Crippen molar-refractivity contribution in [3.05, 3.63) is 83.9 Å². The summed E-state index contributed by atoms with van der Waals surface area (Å²) in [5.74, 6) is 0.802. The molecule has 1 fully saturated rings. The van der Waals surface area contributed by atoms with E-state index in [1.54, 1.807) is 18.3 Å². The first kappa shape index (κ1) is 20.4. The summed E-state index contributed by atoms with van der Waals surface area (Å²) < 4.78 is 40.8. The number of halogens is 1. The fourth-order valence-electron chi connectivity index (χ4n) is 3.65. The lowest BCUT2D eigenvalue weighted by Crippen LogP contribution is -2.38. The molecule has 0 spiro atoms. The molecule has 156 valence electrons. The average molecular weight is 427 g/mol. The Balaban J connectivity index is 1.40. The van der Waals surface area contributed by atoms with Crippen molar-refractivity contribution in [1.29, 1.82) is 0 Å². The summed E-state index contributed by atoms with van der Waals surface area (Å²) in [7, 11) is -3.56. The second-order valence-corrected chi connectivity index (χ2v) is 9.28. The Hall–Kier alpha value is -2.84. The number of nitrogens with one attached hydrogen (secondary N) is 1. The van der Waals surface area contributed by atoms with Crippen molar-refractivity contribution in [1.82, 2.24) is 14.3 Å². The zero-order chi connectivity index (χ0) is 21.0. The minimum atomic E-state index is -3.56. The molecule has 3 aromatic rings. The van der Waals surface area contributed by atoms with Crippen LogP contribution in [0.15, 0.2) is 66.9 Å². The van der Waals surface area contributed by atoms with Crippen molar-refractivity contribution in [3.8, 4) is 0 Å². The Morgan fingerprint density at radius 1 is 0.967 bits per heavy atom. The molecule has 1 aliphatic rings. The van der Waals surface area contributed by atoms with Crippen molar-refractivity contribution < 1.29 is 12.8 Å². The van der Waals surface area contributed by atoms with E-state index in [2.05, 4.69) is 15.3 Å². The van der Waals surface area contributed by atoms with Gasteiger partial charge in [0.05, 0.1) is 5.75 Å². The van der Waals surface area contributed by atoms with Gasteiger partial charge in [0.1, 0.15) is 17.5 Å². The molecule has 2 aromatic heterocycles. The molecule has 0 amide bonds. The highest BCUT2D eigenvalue weighted by Crippen LogP contribution is 2.30. The van der Waals surface area contributed by atoms with Crippen LogP contribution in [-0.2, 0) is 15.8 Å². The largest absolute Gasteiger partial charge is 0.325 e. The van der Waals surface area contributed by atoms with Crippen LogP contribution in [0.2, 0.25) is 0 Å². The summed E-state index contributed by atoms with van der Waals surface area (Å²) in [4.78, 5) is 8.93. The first-order valence-corrected chi connectivity index (χ1v) is 11.5. The van der Waals surface area contributed by atoms with Gasteiger partial charge in [-0.15, -0.1) is 0 Å². The Morgan fingerprint density at radius 3 is 2.43 bits per heavy atom. The van der Waals surface area contributed by atoms with Crippen LogP contribution in [0.4, 0.5) is 16.0 Å². The lowest BCUT2D eigenvalue weighted by atomic mass is 9.94. The second kappa shape index (κ2) is 8.89. The lowest BCUT2D eigenvalue weighted by molar-refractivity contribution is 0.316. The molecular weight excluding hydrogens is 403 g/mol. The first-order valence-electron chi connectivity index (χ1n) is 9.87. The standard InChI is InChI=1S/C22H23FN4O2S/c23-19-7-2-1-6-18(19)16-30(28,29)27-14-11-17(12-15-27)20-8-5-10-22(25-20)26-21-9-3-4-13-24-21/h1-10,13,17H,11-12,14-16H2,(H,24,25,26). The molecule has 4 rings (SSSR count). The Kier molecular flexibility index (Phi) is 6.06. The van der Waals surface area contributed by atoms with Crippen LogP contribution in [-0.4, -0.2) is 35.8 Å². The minimum Gasteiger partial charge on any atom is -0.325 e. The van der Waals surface area contributed by atoms with Gasteiger partial charge in [-0.1, -0.05) is 30.3 Å². The van der Waals surface area contributed by atoms with Crippen LogP contribution in [0.3, 0.4) is 0 Å².